The molecule has 0 spiro atoms. The standard InChI is InChI=1S/C19H23NO3/c1-14-10-18(23-4)16(11-17(14)22-3)12-19(21)20(2)13-15-8-6-5-7-9-15/h5-11H,12-13H2,1-4H3. The Morgan fingerprint density at radius 3 is 2.30 bits per heavy atom. The third-order valence-electron chi connectivity index (χ3n) is 3.83. The first-order valence-corrected chi connectivity index (χ1v) is 7.54. The molecule has 2 aromatic rings. The molecule has 1 amide bonds. The minimum Gasteiger partial charge on any atom is -0.496 e. The van der Waals surface area contributed by atoms with Crippen LogP contribution in [-0.2, 0) is 17.8 Å². The zero-order valence-electron chi connectivity index (χ0n) is 14.1. The second-order valence-electron chi connectivity index (χ2n) is 5.55. The van der Waals surface area contributed by atoms with Crippen LogP contribution in [0.4, 0.5) is 0 Å². The van der Waals surface area contributed by atoms with Crippen LogP contribution in [0.15, 0.2) is 42.5 Å². The van der Waals surface area contributed by atoms with Crippen LogP contribution in [0.5, 0.6) is 11.5 Å². The summed E-state index contributed by atoms with van der Waals surface area (Å²) in [6.07, 6.45) is 0.281. The summed E-state index contributed by atoms with van der Waals surface area (Å²) in [5, 5.41) is 0. The quantitative estimate of drug-likeness (QED) is 0.822. The normalized spacial score (nSPS) is 10.3. The van der Waals surface area contributed by atoms with Crippen molar-refractivity contribution in [2.75, 3.05) is 21.3 Å². The van der Waals surface area contributed by atoms with Gasteiger partial charge in [-0.05, 0) is 30.2 Å². The first-order valence-electron chi connectivity index (χ1n) is 7.54. The number of hydrogen-bond acceptors (Lipinski definition) is 3. The first kappa shape index (κ1) is 16.9. The number of hydrogen-bond donors (Lipinski definition) is 0. The predicted molar refractivity (Wildman–Crippen MR) is 90.9 cm³/mol. The van der Waals surface area contributed by atoms with E-state index in [4.69, 9.17) is 9.47 Å². The van der Waals surface area contributed by atoms with Crippen molar-refractivity contribution in [3.63, 3.8) is 0 Å². The summed E-state index contributed by atoms with van der Waals surface area (Å²) >= 11 is 0. The van der Waals surface area contributed by atoms with Crippen LogP contribution in [0.3, 0.4) is 0 Å². The van der Waals surface area contributed by atoms with E-state index in [2.05, 4.69) is 0 Å². The molecule has 2 rings (SSSR count). The van der Waals surface area contributed by atoms with E-state index < -0.39 is 0 Å². The number of benzene rings is 2. The molecule has 2 aromatic carbocycles. The number of likely N-dealkylation sites (N-methyl/N-ethyl adjacent to an activating group) is 1. The second-order valence-corrected chi connectivity index (χ2v) is 5.55. The summed E-state index contributed by atoms with van der Waals surface area (Å²) in [6, 6.07) is 13.7. The van der Waals surface area contributed by atoms with Crippen molar-refractivity contribution in [1.29, 1.82) is 0 Å². The van der Waals surface area contributed by atoms with Gasteiger partial charge in [-0.2, -0.15) is 0 Å². The Morgan fingerprint density at radius 2 is 1.70 bits per heavy atom. The Hall–Kier alpha value is -2.49. The van der Waals surface area contributed by atoms with E-state index in [1.165, 1.54) is 0 Å². The zero-order chi connectivity index (χ0) is 16.8. The highest BCUT2D eigenvalue weighted by atomic mass is 16.5. The number of aryl methyl sites for hydroxylation is 1. The van der Waals surface area contributed by atoms with Gasteiger partial charge in [-0.25, -0.2) is 0 Å². The van der Waals surface area contributed by atoms with Crippen molar-refractivity contribution in [3.8, 4) is 11.5 Å². The fraction of sp³-hybridized carbons (Fsp3) is 0.316. The van der Waals surface area contributed by atoms with Gasteiger partial charge in [0.25, 0.3) is 0 Å². The monoisotopic (exact) mass is 313 g/mol. The minimum absolute atomic E-state index is 0.0399. The summed E-state index contributed by atoms with van der Waals surface area (Å²) in [4.78, 5) is 14.2. The average molecular weight is 313 g/mol. The number of carbonyl (C=O) groups is 1. The van der Waals surface area contributed by atoms with E-state index in [0.717, 1.165) is 22.4 Å². The molecule has 0 atom stereocenters. The van der Waals surface area contributed by atoms with Crippen molar-refractivity contribution >= 4 is 5.91 Å². The summed E-state index contributed by atoms with van der Waals surface area (Å²) in [5.74, 6) is 1.52. The van der Waals surface area contributed by atoms with Crippen molar-refractivity contribution < 1.29 is 14.3 Å². The Labute approximate surface area is 137 Å². The number of methoxy groups -OCH3 is 2. The van der Waals surface area contributed by atoms with Gasteiger partial charge in [-0.15, -0.1) is 0 Å². The molecule has 0 aliphatic carbocycles. The molecule has 122 valence electrons. The van der Waals surface area contributed by atoms with Gasteiger partial charge in [0.15, 0.2) is 0 Å². The molecule has 0 saturated heterocycles. The summed E-state index contributed by atoms with van der Waals surface area (Å²) in [6.45, 7) is 2.54. The number of ether oxygens (including phenoxy) is 2. The Kier molecular flexibility index (Phi) is 5.63. The molecule has 0 aliphatic rings. The SMILES string of the molecule is COc1cc(CC(=O)N(C)Cc2ccccc2)c(OC)cc1C. The first-order chi connectivity index (χ1) is 11.0. The number of rotatable bonds is 6. The van der Waals surface area contributed by atoms with Gasteiger partial charge in [0.05, 0.1) is 20.6 Å². The van der Waals surface area contributed by atoms with E-state index >= 15 is 0 Å². The largest absolute Gasteiger partial charge is 0.496 e. The van der Waals surface area contributed by atoms with Gasteiger partial charge in [0, 0.05) is 19.2 Å². The van der Waals surface area contributed by atoms with Crippen LogP contribution in [0, 0.1) is 6.92 Å². The van der Waals surface area contributed by atoms with Crippen molar-refractivity contribution in [1.82, 2.24) is 4.90 Å². The van der Waals surface area contributed by atoms with Gasteiger partial charge < -0.3 is 14.4 Å². The lowest BCUT2D eigenvalue weighted by molar-refractivity contribution is -0.129. The van der Waals surface area contributed by atoms with Gasteiger partial charge in [0.1, 0.15) is 11.5 Å². The van der Waals surface area contributed by atoms with Crippen LogP contribution < -0.4 is 9.47 Å². The predicted octanol–water partition coefficient (Wildman–Crippen LogP) is 3.21. The number of amides is 1. The molecule has 0 unspecified atom stereocenters. The zero-order valence-corrected chi connectivity index (χ0v) is 14.1. The highest BCUT2D eigenvalue weighted by molar-refractivity contribution is 5.79. The maximum atomic E-state index is 12.5. The minimum atomic E-state index is 0.0399. The van der Waals surface area contributed by atoms with Gasteiger partial charge in [0.2, 0.25) is 5.91 Å². The molecule has 4 nitrogen and oxygen atoms in total. The lowest BCUT2D eigenvalue weighted by atomic mass is 10.1. The second kappa shape index (κ2) is 7.68. The average Bonchev–Trinajstić information content (AvgIpc) is 2.56. The molecule has 0 aliphatic heterocycles. The van der Waals surface area contributed by atoms with Crippen LogP contribution in [0.2, 0.25) is 0 Å². The Bertz CT molecular complexity index is 668. The third kappa shape index (κ3) is 4.25. The summed E-state index contributed by atoms with van der Waals surface area (Å²) in [5.41, 5.74) is 2.93. The van der Waals surface area contributed by atoms with Crippen LogP contribution in [-0.4, -0.2) is 32.1 Å². The highest BCUT2D eigenvalue weighted by Gasteiger charge is 2.15. The Morgan fingerprint density at radius 1 is 1.04 bits per heavy atom. The van der Waals surface area contributed by atoms with Crippen molar-refractivity contribution in [2.45, 2.75) is 19.9 Å². The van der Waals surface area contributed by atoms with E-state index in [0.29, 0.717) is 12.3 Å². The molecule has 0 bridgehead atoms. The molecule has 0 heterocycles. The molecular formula is C19H23NO3. The number of carbonyl (C=O) groups excluding carboxylic acids is 1. The summed E-state index contributed by atoms with van der Waals surface area (Å²) < 4.78 is 10.7. The van der Waals surface area contributed by atoms with Gasteiger partial charge >= 0.3 is 0 Å². The Balaban J connectivity index is 2.13. The molecule has 0 fully saturated rings. The smallest absolute Gasteiger partial charge is 0.227 e. The van der Waals surface area contributed by atoms with E-state index in [9.17, 15) is 4.79 Å². The lowest BCUT2D eigenvalue weighted by Crippen LogP contribution is -2.27. The van der Waals surface area contributed by atoms with E-state index in [1.54, 1.807) is 19.1 Å². The highest BCUT2D eigenvalue weighted by Crippen LogP contribution is 2.28. The van der Waals surface area contributed by atoms with Crippen molar-refractivity contribution in [3.05, 3.63) is 59.2 Å². The third-order valence-corrected chi connectivity index (χ3v) is 3.83. The van der Waals surface area contributed by atoms with Crippen LogP contribution in [0.25, 0.3) is 0 Å². The van der Waals surface area contributed by atoms with Crippen LogP contribution >= 0.6 is 0 Å². The molecule has 4 heteroatoms. The van der Waals surface area contributed by atoms with Crippen molar-refractivity contribution in [2.24, 2.45) is 0 Å². The molecule has 0 radical (unpaired) electrons. The van der Waals surface area contributed by atoms with Gasteiger partial charge in [-0.3, -0.25) is 4.79 Å². The maximum Gasteiger partial charge on any atom is 0.227 e. The summed E-state index contributed by atoms with van der Waals surface area (Å²) in [7, 11) is 5.05. The van der Waals surface area contributed by atoms with Gasteiger partial charge in [-0.1, -0.05) is 30.3 Å². The molecule has 23 heavy (non-hydrogen) atoms. The molecular weight excluding hydrogens is 290 g/mol. The lowest BCUT2D eigenvalue weighted by Gasteiger charge is -2.19. The fourth-order valence-electron chi connectivity index (χ4n) is 2.50. The fourth-order valence-corrected chi connectivity index (χ4v) is 2.50. The molecule has 0 N–H and O–H groups in total. The maximum absolute atomic E-state index is 12.5. The molecule has 0 aromatic heterocycles. The van der Waals surface area contributed by atoms with E-state index in [1.807, 2.05) is 56.4 Å². The molecule has 0 saturated carbocycles. The topological polar surface area (TPSA) is 38.8 Å². The van der Waals surface area contributed by atoms with Crippen LogP contribution in [0.1, 0.15) is 16.7 Å². The number of nitrogens with zero attached hydrogens (tertiary/aromatic N) is 1. The van der Waals surface area contributed by atoms with E-state index in [-0.39, 0.29) is 12.3 Å².